The van der Waals surface area contributed by atoms with E-state index in [4.69, 9.17) is 5.21 Å². The normalized spacial score (nSPS) is 21.6. The van der Waals surface area contributed by atoms with E-state index in [0.717, 1.165) is 12.5 Å². The molecule has 2 fully saturated rings. The maximum Gasteiger partial charge on any atom is 0.416 e. The first-order valence-electron chi connectivity index (χ1n) is 8.35. The molecule has 2 aliphatic heterocycles. The highest BCUT2D eigenvalue weighted by Gasteiger charge is 2.44. The number of fused-ring (bicyclic) bond motifs is 2. The number of nitrogens with zero attached hydrogens (tertiary/aromatic N) is 4. The number of alkyl halides is 3. The minimum absolute atomic E-state index is 0.00352. The second kappa shape index (κ2) is 6.38. The first kappa shape index (κ1) is 17.5. The highest BCUT2D eigenvalue weighted by atomic mass is 19.4. The Morgan fingerprint density at radius 2 is 1.85 bits per heavy atom. The summed E-state index contributed by atoms with van der Waals surface area (Å²) in [6.07, 6.45) is -3.55. The zero-order chi connectivity index (χ0) is 19.2. The molecule has 142 valence electrons. The lowest BCUT2D eigenvalue weighted by atomic mass is 10.1. The minimum atomic E-state index is -4.36. The number of anilines is 2. The molecule has 0 saturated carbocycles. The van der Waals surface area contributed by atoms with Gasteiger partial charge in [-0.25, -0.2) is 5.48 Å². The van der Waals surface area contributed by atoms with Crippen LogP contribution in [-0.4, -0.2) is 46.5 Å². The van der Waals surface area contributed by atoms with E-state index in [1.807, 2.05) is 9.80 Å². The van der Waals surface area contributed by atoms with Crippen molar-refractivity contribution in [3.05, 3.63) is 47.7 Å². The third-order valence-electron chi connectivity index (χ3n) is 5.02. The third kappa shape index (κ3) is 3.16. The van der Waals surface area contributed by atoms with Gasteiger partial charge in [0.25, 0.3) is 5.91 Å². The highest BCUT2D eigenvalue weighted by Crippen LogP contribution is 2.38. The summed E-state index contributed by atoms with van der Waals surface area (Å²) < 4.78 is 38.9. The molecule has 1 amide bonds. The van der Waals surface area contributed by atoms with Crippen LogP contribution in [0.25, 0.3) is 0 Å². The summed E-state index contributed by atoms with van der Waals surface area (Å²) in [4.78, 5) is 15.3. The topological polar surface area (TPSA) is 81.6 Å². The Hall–Kier alpha value is -2.88. The highest BCUT2D eigenvalue weighted by molar-refractivity contribution is 5.91. The van der Waals surface area contributed by atoms with Crippen molar-refractivity contribution in [3.8, 4) is 0 Å². The Labute approximate surface area is 152 Å². The van der Waals surface area contributed by atoms with Gasteiger partial charge in [0.15, 0.2) is 11.5 Å². The van der Waals surface area contributed by atoms with Crippen LogP contribution in [0.3, 0.4) is 0 Å². The third-order valence-corrected chi connectivity index (χ3v) is 5.02. The summed E-state index contributed by atoms with van der Waals surface area (Å²) in [5.41, 5.74) is 1.41. The molecule has 2 bridgehead atoms. The van der Waals surface area contributed by atoms with Crippen LogP contribution >= 0.6 is 0 Å². The molecule has 3 heterocycles. The van der Waals surface area contributed by atoms with Crippen LogP contribution in [0.4, 0.5) is 24.7 Å². The van der Waals surface area contributed by atoms with Crippen molar-refractivity contribution in [3.63, 3.8) is 0 Å². The molecule has 2 aromatic rings. The van der Waals surface area contributed by atoms with Crippen molar-refractivity contribution in [2.45, 2.75) is 24.7 Å². The number of nitrogens with one attached hydrogen (secondary N) is 1. The summed E-state index contributed by atoms with van der Waals surface area (Å²) in [7, 11) is 0. The Kier molecular flexibility index (Phi) is 4.14. The number of hydrogen-bond donors (Lipinski definition) is 2. The summed E-state index contributed by atoms with van der Waals surface area (Å²) >= 11 is 0. The van der Waals surface area contributed by atoms with Gasteiger partial charge in [0.05, 0.1) is 11.6 Å². The first-order valence-corrected chi connectivity index (χ1v) is 8.35. The van der Waals surface area contributed by atoms with Gasteiger partial charge in [-0.15, -0.1) is 10.2 Å². The van der Waals surface area contributed by atoms with Crippen LogP contribution < -0.4 is 15.3 Å². The van der Waals surface area contributed by atoms with Crippen LogP contribution in [-0.2, 0) is 6.18 Å². The molecule has 10 heteroatoms. The molecule has 0 radical (unpaired) electrons. The molecule has 7 nitrogen and oxygen atoms in total. The predicted molar refractivity (Wildman–Crippen MR) is 89.6 cm³/mol. The van der Waals surface area contributed by atoms with Gasteiger partial charge in [-0.05, 0) is 36.8 Å². The number of carbonyl (C=O) groups is 1. The molecule has 2 saturated heterocycles. The fraction of sp³-hybridized carbons (Fsp3) is 0.353. The second-order valence-corrected chi connectivity index (χ2v) is 6.61. The zero-order valence-corrected chi connectivity index (χ0v) is 14.0. The lowest BCUT2D eigenvalue weighted by molar-refractivity contribution is -0.137. The maximum absolute atomic E-state index is 13.0. The zero-order valence-electron chi connectivity index (χ0n) is 14.0. The molecule has 2 N–H and O–H groups in total. The van der Waals surface area contributed by atoms with Gasteiger partial charge in [0.1, 0.15) is 0 Å². The largest absolute Gasteiger partial charge is 0.416 e. The Balaban J connectivity index is 1.49. The maximum atomic E-state index is 13.0. The second-order valence-electron chi connectivity index (χ2n) is 6.61. The van der Waals surface area contributed by atoms with E-state index in [2.05, 4.69) is 10.2 Å². The number of aromatic nitrogens is 2. The summed E-state index contributed by atoms with van der Waals surface area (Å²) in [6.45, 7) is 1.20. The van der Waals surface area contributed by atoms with Gasteiger partial charge in [0.2, 0.25) is 0 Å². The standard InChI is InChI=1S/C17H16F3N5O2/c18-17(19,20)10-2-1-3-11(6-10)24-8-13-7-12(24)9-25(13)15-5-4-14(21-22-15)16(26)23-27/h1-6,12-13,27H,7-9H2,(H,23,26)/t12-,13+/m0/s1. The molecule has 0 unspecified atom stereocenters. The number of benzene rings is 1. The molecule has 2 aliphatic rings. The molecule has 1 aromatic carbocycles. The van der Waals surface area contributed by atoms with Crippen molar-refractivity contribution >= 4 is 17.4 Å². The molecule has 0 spiro atoms. The van der Waals surface area contributed by atoms with Crippen molar-refractivity contribution in [1.29, 1.82) is 0 Å². The Morgan fingerprint density at radius 3 is 2.44 bits per heavy atom. The fourth-order valence-electron chi connectivity index (χ4n) is 3.78. The number of carbonyl (C=O) groups excluding carboxylic acids is 1. The van der Waals surface area contributed by atoms with Gasteiger partial charge in [-0.1, -0.05) is 6.07 Å². The summed E-state index contributed by atoms with van der Waals surface area (Å²) in [5.74, 6) is -0.145. The van der Waals surface area contributed by atoms with Crippen molar-refractivity contribution < 1.29 is 23.2 Å². The van der Waals surface area contributed by atoms with E-state index in [1.54, 1.807) is 12.1 Å². The monoisotopic (exact) mass is 379 g/mol. The lowest BCUT2D eigenvalue weighted by Gasteiger charge is -2.36. The van der Waals surface area contributed by atoms with Gasteiger partial charge in [-0.2, -0.15) is 13.2 Å². The van der Waals surface area contributed by atoms with Crippen molar-refractivity contribution in [2.75, 3.05) is 22.9 Å². The van der Waals surface area contributed by atoms with Crippen molar-refractivity contribution in [1.82, 2.24) is 15.7 Å². The number of hydroxylamine groups is 1. The van der Waals surface area contributed by atoms with Gasteiger partial charge < -0.3 is 9.80 Å². The van der Waals surface area contributed by atoms with E-state index in [9.17, 15) is 18.0 Å². The molecule has 1 aromatic heterocycles. The van der Waals surface area contributed by atoms with Gasteiger partial charge >= 0.3 is 6.18 Å². The van der Waals surface area contributed by atoms with Crippen LogP contribution in [0.1, 0.15) is 22.5 Å². The number of rotatable bonds is 3. The molecule has 2 atom stereocenters. The quantitative estimate of drug-likeness (QED) is 0.628. The first-order chi connectivity index (χ1) is 12.9. The molecule has 27 heavy (non-hydrogen) atoms. The number of amides is 1. The van der Waals surface area contributed by atoms with Crippen LogP contribution in [0.2, 0.25) is 0 Å². The molecular formula is C17H16F3N5O2. The minimum Gasteiger partial charge on any atom is -0.365 e. The average Bonchev–Trinajstić information content (AvgIpc) is 3.28. The number of hydrogen-bond acceptors (Lipinski definition) is 6. The SMILES string of the molecule is O=C(NO)c1ccc(N2C[C@@H]3C[C@@H]2CN3c2cccc(C(F)(F)F)c2)nn1. The summed E-state index contributed by atoms with van der Waals surface area (Å²) in [6, 6.07) is 8.69. The smallest absolute Gasteiger partial charge is 0.365 e. The van der Waals surface area contributed by atoms with Crippen molar-refractivity contribution in [2.24, 2.45) is 0 Å². The van der Waals surface area contributed by atoms with Gasteiger partial charge in [0, 0.05) is 24.8 Å². The van der Waals surface area contributed by atoms with E-state index in [1.165, 1.54) is 23.7 Å². The fourth-order valence-corrected chi connectivity index (χ4v) is 3.78. The van der Waals surface area contributed by atoms with E-state index in [0.29, 0.717) is 24.6 Å². The van der Waals surface area contributed by atoms with E-state index < -0.39 is 17.6 Å². The average molecular weight is 379 g/mol. The van der Waals surface area contributed by atoms with Crippen LogP contribution in [0, 0.1) is 0 Å². The van der Waals surface area contributed by atoms with Crippen LogP contribution in [0.5, 0.6) is 0 Å². The Bertz CT molecular complexity index is 858. The van der Waals surface area contributed by atoms with E-state index >= 15 is 0 Å². The predicted octanol–water partition coefficient (Wildman–Crippen LogP) is 2.08. The van der Waals surface area contributed by atoms with Crippen LogP contribution in [0.15, 0.2) is 36.4 Å². The van der Waals surface area contributed by atoms with Gasteiger partial charge in [-0.3, -0.25) is 10.0 Å². The summed E-state index contributed by atoms with van der Waals surface area (Å²) in [5, 5.41) is 16.4. The Morgan fingerprint density at radius 1 is 1.11 bits per heavy atom. The lowest BCUT2D eigenvalue weighted by Crippen LogP contribution is -2.47. The van der Waals surface area contributed by atoms with E-state index in [-0.39, 0.29) is 17.8 Å². The number of piperazine rings is 1. The molecular weight excluding hydrogens is 363 g/mol. The number of halogens is 3. The molecule has 0 aliphatic carbocycles. The molecule has 4 rings (SSSR count).